The van der Waals surface area contributed by atoms with E-state index in [1.165, 1.54) is 19.9 Å². The van der Waals surface area contributed by atoms with Crippen molar-refractivity contribution in [1.82, 2.24) is 0 Å². The van der Waals surface area contributed by atoms with E-state index >= 15 is 0 Å². The van der Waals surface area contributed by atoms with Crippen LogP contribution in [0.3, 0.4) is 0 Å². The van der Waals surface area contributed by atoms with Crippen LogP contribution in [0.15, 0.2) is 11.6 Å². The molecule has 6 heteroatoms. The molecule has 0 aromatic rings. The maximum absolute atomic E-state index is 14.2. The number of rotatable bonds is 6. The molecule has 0 radical (unpaired) electrons. The standard InChI is InChI=1S/C11H19F2O3P/c1-3-15-17(14,16-4-2)11(12,13)10-8-6-5-7-9-10/h8H,3-7,9H2,1-2H3. The van der Waals surface area contributed by atoms with Crippen LogP contribution in [0, 0.1) is 0 Å². The summed E-state index contributed by atoms with van der Waals surface area (Å²) >= 11 is 0. The summed E-state index contributed by atoms with van der Waals surface area (Å²) in [6.45, 7) is 2.94. The zero-order chi connectivity index (χ0) is 12.9. The summed E-state index contributed by atoms with van der Waals surface area (Å²) in [6.07, 6.45) is 3.92. The average Bonchev–Trinajstić information content (AvgIpc) is 2.30. The topological polar surface area (TPSA) is 35.5 Å². The van der Waals surface area contributed by atoms with Crippen LogP contribution in [-0.4, -0.2) is 18.9 Å². The summed E-state index contributed by atoms with van der Waals surface area (Å²) in [4.78, 5) is 0. The van der Waals surface area contributed by atoms with Gasteiger partial charge in [0.05, 0.1) is 13.2 Å². The van der Waals surface area contributed by atoms with Gasteiger partial charge in [-0.3, -0.25) is 4.57 Å². The van der Waals surface area contributed by atoms with Crippen molar-refractivity contribution in [2.24, 2.45) is 0 Å². The molecule has 1 aliphatic rings. The zero-order valence-electron chi connectivity index (χ0n) is 10.2. The highest BCUT2D eigenvalue weighted by Crippen LogP contribution is 2.65. The van der Waals surface area contributed by atoms with Gasteiger partial charge in [-0.25, -0.2) is 0 Å². The maximum atomic E-state index is 14.2. The lowest BCUT2D eigenvalue weighted by Crippen LogP contribution is -2.24. The van der Waals surface area contributed by atoms with Gasteiger partial charge in [0, 0.05) is 5.57 Å². The summed E-state index contributed by atoms with van der Waals surface area (Å²) < 4.78 is 49.9. The van der Waals surface area contributed by atoms with Crippen LogP contribution in [0.4, 0.5) is 8.78 Å². The molecule has 0 unspecified atom stereocenters. The van der Waals surface area contributed by atoms with Crippen LogP contribution in [0.5, 0.6) is 0 Å². The van der Waals surface area contributed by atoms with Crippen molar-refractivity contribution >= 4 is 7.60 Å². The van der Waals surface area contributed by atoms with E-state index in [1.807, 2.05) is 0 Å². The highest BCUT2D eigenvalue weighted by Gasteiger charge is 2.55. The van der Waals surface area contributed by atoms with Gasteiger partial charge in [-0.1, -0.05) is 6.08 Å². The molecule has 0 saturated carbocycles. The fourth-order valence-corrected chi connectivity index (χ4v) is 3.46. The van der Waals surface area contributed by atoms with Crippen LogP contribution in [0.1, 0.15) is 39.5 Å². The van der Waals surface area contributed by atoms with Crippen molar-refractivity contribution in [2.75, 3.05) is 13.2 Å². The second kappa shape index (κ2) is 6.07. The Bertz CT molecular complexity index is 319. The normalized spacial score (nSPS) is 18.0. The van der Waals surface area contributed by atoms with Gasteiger partial charge < -0.3 is 9.05 Å². The molecule has 0 aliphatic heterocycles. The Hall–Kier alpha value is -0.250. The van der Waals surface area contributed by atoms with Crippen LogP contribution in [0.25, 0.3) is 0 Å². The summed E-state index contributed by atoms with van der Waals surface area (Å²) in [6, 6.07) is 0. The second-order valence-electron chi connectivity index (χ2n) is 3.85. The number of alkyl halides is 2. The minimum Gasteiger partial charge on any atom is -0.304 e. The van der Waals surface area contributed by atoms with E-state index in [-0.39, 0.29) is 25.2 Å². The number of hydrogen-bond donors (Lipinski definition) is 0. The summed E-state index contributed by atoms with van der Waals surface area (Å²) in [7, 11) is -4.39. The molecule has 0 aromatic carbocycles. The Labute approximate surface area is 101 Å². The molecular formula is C11H19F2O3P. The minimum absolute atomic E-state index is 0.0554. The third kappa shape index (κ3) is 3.15. The van der Waals surface area contributed by atoms with E-state index < -0.39 is 13.3 Å². The fraction of sp³-hybridized carbons (Fsp3) is 0.818. The van der Waals surface area contributed by atoms with Crippen molar-refractivity contribution in [3.63, 3.8) is 0 Å². The van der Waals surface area contributed by atoms with Gasteiger partial charge in [0.1, 0.15) is 0 Å². The van der Waals surface area contributed by atoms with E-state index in [0.717, 1.165) is 6.42 Å². The number of hydrogen-bond acceptors (Lipinski definition) is 3. The average molecular weight is 268 g/mol. The molecule has 0 saturated heterocycles. The fourth-order valence-electron chi connectivity index (χ4n) is 1.83. The predicted octanol–water partition coefficient (Wildman–Crippen LogP) is 4.35. The van der Waals surface area contributed by atoms with E-state index in [0.29, 0.717) is 12.8 Å². The Kier molecular flexibility index (Phi) is 5.29. The van der Waals surface area contributed by atoms with Crippen molar-refractivity contribution in [1.29, 1.82) is 0 Å². The Morgan fingerprint density at radius 2 is 1.88 bits per heavy atom. The smallest absolute Gasteiger partial charge is 0.304 e. The lowest BCUT2D eigenvalue weighted by atomic mass is 10.00. The van der Waals surface area contributed by atoms with Crippen LogP contribution >= 0.6 is 7.60 Å². The highest BCUT2D eigenvalue weighted by atomic mass is 31.2. The zero-order valence-corrected chi connectivity index (χ0v) is 11.1. The highest BCUT2D eigenvalue weighted by molar-refractivity contribution is 7.55. The Balaban J connectivity index is 2.98. The molecule has 0 atom stereocenters. The largest absolute Gasteiger partial charge is 0.404 e. The number of halogens is 2. The van der Waals surface area contributed by atoms with Gasteiger partial charge in [0.2, 0.25) is 0 Å². The van der Waals surface area contributed by atoms with Gasteiger partial charge >= 0.3 is 13.3 Å². The summed E-state index contributed by atoms with van der Waals surface area (Å²) in [5.74, 6) is 0. The third-order valence-corrected chi connectivity index (χ3v) is 4.79. The summed E-state index contributed by atoms with van der Waals surface area (Å²) in [5, 5.41) is 0. The molecule has 0 bridgehead atoms. The molecule has 100 valence electrons. The first kappa shape index (κ1) is 14.8. The molecule has 0 N–H and O–H groups in total. The number of allylic oxidation sites excluding steroid dienone is 2. The van der Waals surface area contributed by atoms with Gasteiger partial charge in [-0.15, -0.1) is 0 Å². The lowest BCUT2D eigenvalue weighted by Gasteiger charge is -2.29. The molecule has 3 nitrogen and oxygen atoms in total. The molecule has 0 aromatic heterocycles. The van der Waals surface area contributed by atoms with Crippen molar-refractivity contribution < 1.29 is 22.4 Å². The molecule has 1 rings (SSSR count). The molecule has 0 fully saturated rings. The summed E-state index contributed by atoms with van der Waals surface area (Å²) in [5.41, 5.74) is -3.60. The molecule has 1 aliphatic carbocycles. The Morgan fingerprint density at radius 3 is 2.29 bits per heavy atom. The molecule has 0 heterocycles. The van der Waals surface area contributed by atoms with Gasteiger partial charge in [-0.05, 0) is 39.5 Å². The van der Waals surface area contributed by atoms with E-state index in [2.05, 4.69) is 0 Å². The predicted molar refractivity (Wildman–Crippen MR) is 62.4 cm³/mol. The third-order valence-electron chi connectivity index (χ3n) is 2.62. The lowest BCUT2D eigenvalue weighted by molar-refractivity contribution is 0.0655. The van der Waals surface area contributed by atoms with Crippen molar-refractivity contribution in [3.8, 4) is 0 Å². The Morgan fingerprint density at radius 1 is 1.29 bits per heavy atom. The molecular weight excluding hydrogens is 249 g/mol. The first-order valence-corrected chi connectivity index (χ1v) is 7.48. The molecule has 0 spiro atoms. The molecule has 17 heavy (non-hydrogen) atoms. The first-order valence-electron chi connectivity index (χ1n) is 5.94. The quantitative estimate of drug-likeness (QED) is 0.530. The van der Waals surface area contributed by atoms with Gasteiger partial charge in [0.15, 0.2) is 0 Å². The van der Waals surface area contributed by atoms with E-state index in [4.69, 9.17) is 9.05 Å². The van der Waals surface area contributed by atoms with Crippen molar-refractivity contribution in [2.45, 2.75) is 45.2 Å². The van der Waals surface area contributed by atoms with E-state index in [9.17, 15) is 13.3 Å². The van der Waals surface area contributed by atoms with Crippen molar-refractivity contribution in [3.05, 3.63) is 11.6 Å². The first-order chi connectivity index (χ1) is 7.98. The maximum Gasteiger partial charge on any atom is 0.404 e. The van der Waals surface area contributed by atoms with Crippen LogP contribution in [-0.2, 0) is 13.6 Å². The van der Waals surface area contributed by atoms with E-state index in [1.54, 1.807) is 0 Å². The second-order valence-corrected chi connectivity index (χ2v) is 5.92. The molecule has 0 amide bonds. The monoisotopic (exact) mass is 268 g/mol. The van der Waals surface area contributed by atoms with Crippen LogP contribution < -0.4 is 0 Å². The van der Waals surface area contributed by atoms with Gasteiger partial charge in [-0.2, -0.15) is 8.78 Å². The van der Waals surface area contributed by atoms with Crippen LogP contribution in [0.2, 0.25) is 0 Å². The SMILES string of the molecule is CCOP(=O)(OCC)C(F)(F)C1=CCCCC1. The van der Waals surface area contributed by atoms with Gasteiger partial charge in [0.25, 0.3) is 0 Å². The minimum atomic E-state index is -4.39.